The van der Waals surface area contributed by atoms with Gasteiger partial charge in [-0.15, -0.1) is 0 Å². The monoisotopic (exact) mass is 427 g/mol. The van der Waals surface area contributed by atoms with Gasteiger partial charge >= 0.3 is 0 Å². The summed E-state index contributed by atoms with van der Waals surface area (Å²) < 4.78 is 1.74. The van der Waals surface area contributed by atoms with Crippen molar-refractivity contribution < 1.29 is 9.59 Å². The first kappa shape index (κ1) is 21.2. The van der Waals surface area contributed by atoms with Crippen LogP contribution in [0.2, 0.25) is 0 Å². The maximum atomic E-state index is 13.4. The summed E-state index contributed by atoms with van der Waals surface area (Å²) in [6.07, 6.45) is 5.31. The van der Waals surface area contributed by atoms with Crippen LogP contribution in [0.5, 0.6) is 0 Å². The van der Waals surface area contributed by atoms with Crippen molar-refractivity contribution in [2.75, 3.05) is 11.9 Å². The van der Waals surface area contributed by atoms with E-state index in [2.05, 4.69) is 15.4 Å². The molecule has 3 heterocycles. The molecule has 0 fully saturated rings. The van der Waals surface area contributed by atoms with Crippen LogP contribution in [0, 0.1) is 6.92 Å². The van der Waals surface area contributed by atoms with Gasteiger partial charge in [0.25, 0.3) is 11.8 Å². The Morgan fingerprint density at radius 2 is 1.75 bits per heavy atom. The zero-order chi connectivity index (χ0) is 22.8. The van der Waals surface area contributed by atoms with E-state index in [1.807, 2.05) is 51.1 Å². The molecule has 32 heavy (non-hydrogen) atoms. The molecule has 0 spiro atoms. The number of anilines is 1. The molecule has 1 N–H and O–H groups in total. The van der Waals surface area contributed by atoms with Gasteiger partial charge in [0.2, 0.25) is 0 Å². The molecule has 0 aliphatic carbocycles. The number of carbonyl (C=O) groups excluding carboxylic acids is 2. The molecule has 4 rings (SSSR count). The summed E-state index contributed by atoms with van der Waals surface area (Å²) in [7, 11) is 1.60. The normalized spacial score (nSPS) is 11.0. The van der Waals surface area contributed by atoms with Crippen molar-refractivity contribution in [2.45, 2.75) is 26.8 Å². The van der Waals surface area contributed by atoms with Crippen LogP contribution in [0.4, 0.5) is 5.82 Å². The highest BCUT2D eigenvalue weighted by molar-refractivity contribution is 6.07. The predicted octanol–water partition coefficient (Wildman–Crippen LogP) is 4.12. The van der Waals surface area contributed by atoms with Gasteiger partial charge in [-0.3, -0.25) is 14.5 Å². The number of rotatable bonds is 5. The molecule has 2 amide bonds. The third-order valence-electron chi connectivity index (χ3n) is 5.33. The molecule has 0 radical (unpaired) electrons. The van der Waals surface area contributed by atoms with Crippen LogP contribution in [-0.2, 0) is 0 Å². The van der Waals surface area contributed by atoms with Gasteiger partial charge < -0.3 is 5.32 Å². The standard InChI is InChI=1S/C25H25N5O2/c1-16(2)30(23-10-5-17(3)14-27-23)25(32)20-11-12-29-22(13-20)21(15-28-29)18-6-8-19(9-7-18)24(31)26-4/h5-16H,1-4H3,(H,26,31). The van der Waals surface area contributed by atoms with Crippen LogP contribution in [0.3, 0.4) is 0 Å². The molecular formula is C25H25N5O2. The fourth-order valence-corrected chi connectivity index (χ4v) is 3.63. The number of nitrogens with zero attached hydrogens (tertiary/aromatic N) is 4. The van der Waals surface area contributed by atoms with Crippen LogP contribution in [0.25, 0.3) is 16.6 Å². The molecule has 0 saturated carbocycles. The Balaban J connectivity index is 1.72. The summed E-state index contributed by atoms with van der Waals surface area (Å²) in [5.41, 5.74) is 4.78. The molecule has 4 aromatic rings. The van der Waals surface area contributed by atoms with Crippen molar-refractivity contribution in [3.8, 4) is 11.1 Å². The summed E-state index contributed by atoms with van der Waals surface area (Å²) in [5.74, 6) is 0.359. The zero-order valence-electron chi connectivity index (χ0n) is 18.5. The average Bonchev–Trinajstić information content (AvgIpc) is 3.23. The molecule has 3 aromatic heterocycles. The van der Waals surface area contributed by atoms with E-state index in [0.29, 0.717) is 16.9 Å². The summed E-state index contributed by atoms with van der Waals surface area (Å²) in [4.78, 5) is 31.4. The smallest absolute Gasteiger partial charge is 0.259 e. The lowest BCUT2D eigenvalue weighted by Gasteiger charge is -2.26. The number of aryl methyl sites for hydroxylation is 1. The Labute approximate surface area is 186 Å². The molecule has 7 heteroatoms. The van der Waals surface area contributed by atoms with Crippen LogP contribution >= 0.6 is 0 Å². The van der Waals surface area contributed by atoms with E-state index < -0.39 is 0 Å². The van der Waals surface area contributed by atoms with E-state index in [9.17, 15) is 9.59 Å². The highest BCUT2D eigenvalue weighted by atomic mass is 16.2. The van der Waals surface area contributed by atoms with Gasteiger partial charge in [0, 0.05) is 42.2 Å². The second-order valence-electron chi connectivity index (χ2n) is 7.92. The van der Waals surface area contributed by atoms with Crippen molar-refractivity contribution in [3.63, 3.8) is 0 Å². The van der Waals surface area contributed by atoms with Gasteiger partial charge in [0.1, 0.15) is 5.82 Å². The molecule has 0 unspecified atom stereocenters. The topological polar surface area (TPSA) is 79.6 Å². The Hall–Kier alpha value is -4.00. The Morgan fingerprint density at radius 1 is 1.00 bits per heavy atom. The molecule has 7 nitrogen and oxygen atoms in total. The van der Waals surface area contributed by atoms with Gasteiger partial charge in [-0.1, -0.05) is 18.2 Å². The fourth-order valence-electron chi connectivity index (χ4n) is 3.63. The largest absolute Gasteiger partial charge is 0.355 e. The van der Waals surface area contributed by atoms with Crippen molar-refractivity contribution in [1.82, 2.24) is 19.9 Å². The first-order valence-corrected chi connectivity index (χ1v) is 10.4. The first-order chi connectivity index (χ1) is 15.4. The summed E-state index contributed by atoms with van der Waals surface area (Å²) in [5, 5.41) is 7.04. The number of carbonyl (C=O) groups is 2. The van der Waals surface area contributed by atoms with Crippen LogP contribution in [-0.4, -0.2) is 39.5 Å². The number of amides is 2. The molecule has 0 aliphatic heterocycles. The fraction of sp³-hybridized carbons (Fsp3) is 0.200. The van der Waals surface area contributed by atoms with Gasteiger partial charge in [-0.25, -0.2) is 9.50 Å². The molecule has 0 aliphatic rings. The highest BCUT2D eigenvalue weighted by Gasteiger charge is 2.22. The van der Waals surface area contributed by atoms with Crippen LogP contribution in [0.15, 0.2) is 67.1 Å². The minimum Gasteiger partial charge on any atom is -0.355 e. The number of hydrogen-bond acceptors (Lipinski definition) is 4. The summed E-state index contributed by atoms with van der Waals surface area (Å²) in [6, 6.07) is 14.7. The highest BCUT2D eigenvalue weighted by Crippen LogP contribution is 2.27. The molecule has 0 saturated heterocycles. The number of aromatic nitrogens is 3. The quantitative estimate of drug-likeness (QED) is 0.520. The Kier molecular flexibility index (Phi) is 5.73. The molecular weight excluding hydrogens is 402 g/mol. The van der Waals surface area contributed by atoms with E-state index in [0.717, 1.165) is 22.2 Å². The Morgan fingerprint density at radius 3 is 2.38 bits per heavy atom. The molecule has 0 atom stereocenters. The SMILES string of the molecule is CNC(=O)c1ccc(-c2cnn3ccc(C(=O)N(c4ccc(C)cn4)C(C)C)cc23)cc1. The van der Waals surface area contributed by atoms with E-state index in [1.54, 1.807) is 53.3 Å². The second kappa shape index (κ2) is 8.63. The second-order valence-corrected chi connectivity index (χ2v) is 7.92. The molecule has 1 aromatic carbocycles. The lowest BCUT2D eigenvalue weighted by molar-refractivity contribution is 0.0959. The van der Waals surface area contributed by atoms with E-state index in [1.165, 1.54) is 0 Å². The summed E-state index contributed by atoms with van der Waals surface area (Å²) >= 11 is 0. The number of nitrogens with one attached hydrogen (secondary N) is 1. The van der Waals surface area contributed by atoms with Crippen molar-refractivity contribution in [3.05, 3.63) is 83.8 Å². The van der Waals surface area contributed by atoms with Gasteiger partial charge in [0.05, 0.1) is 11.7 Å². The predicted molar refractivity (Wildman–Crippen MR) is 125 cm³/mol. The van der Waals surface area contributed by atoms with Gasteiger partial charge in [-0.2, -0.15) is 5.10 Å². The number of hydrogen-bond donors (Lipinski definition) is 1. The first-order valence-electron chi connectivity index (χ1n) is 10.4. The van der Waals surface area contributed by atoms with Gasteiger partial charge in [-0.05, 0) is 62.2 Å². The molecule has 0 bridgehead atoms. The number of pyridine rings is 2. The maximum Gasteiger partial charge on any atom is 0.259 e. The third kappa shape index (κ3) is 3.97. The van der Waals surface area contributed by atoms with Crippen LogP contribution in [0.1, 0.15) is 40.1 Å². The Bertz CT molecular complexity index is 1270. The lowest BCUT2D eigenvalue weighted by Crippen LogP contribution is -2.37. The van der Waals surface area contributed by atoms with Crippen molar-refractivity contribution >= 4 is 23.1 Å². The van der Waals surface area contributed by atoms with Gasteiger partial charge in [0.15, 0.2) is 0 Å². The zero-order valence-corrected chi connectivity index (χ0v) is 18.5. The van der Waals surface area contributed by atoms with Crippen molar-refractivity contribution in [2.24, 2.45) is 0 Å². The van der Waals surface area contributed by atoms with E-state index in [-0.39, 0.29) is 17.9 Å². The third-order valence-corrected chi connectivity index (χ3v) is 5.33. The minimum absolute atomic E-state index is 0.0597. The number of fused-ring (bicyclic) bond motifs is 1. The molecule has 162 valence electrons. The summed E-state index contributed by atoms with van der Waals surface area (Å²) in [6.45, 7) is 5.90. The van der Waals surface area contributed by atoms with E-state index >= 15 is 0 Å². The van der Waals surface area contributed by atoms with Crippen molar-refractivity contribution in [1.29, 1.82) is 0 Å². The van der Waals surface area contributed by atoms with Crippen LogP contribution < -0.4 is 10.2 Å². The minimum atomic E-state index is -0.136. The lowest BCUT2D eigenvalue weighted by atomic mass is 10.0. The maximum absolute atomic E-state index is 13.4. The number of benzene rings is 1. The average molecular weight is 428 g/mol. The van der Waals surface area contributed by atoms with E-state index in [4.69, 9.17) is 0 Å².